The van der Waals surface area contributed by atoms with Gasteiger partial charge in [-0.2, -0.15) is 5.26 Å². The van der Waals surface area contributed by atoms with E-state index < -0.39 is 5.54 Å². The Morgan fingerprint density at radius 1 is 0.952 bits per heavy atom. The van der Waals surface area contributed by atoms with Gasteiger partial charge in [0, 0.05) is 31.0 Å². The molecule has 1 spiro atoms. The number of hydrogen-bond acceptors (Lipinski definition) is 7. The van der Waals surface area contributed by atoms with Crippen molar-refractivity contribution in [1.82, 2.24) is 15.1 Å². The Morgan fingerprint density at radius 2 is 1.74 bits per heavy atom. The fourth-order valence-electron chi connectivity index (χ4n) is 5.75. The van der Waals surface area contributed by atoms with Crippen LogP contribution >= 0.6 is 0 Å². The second-order valence-electron chi connectivity index (χ2n) is 10.5. The van der Waals surface area contributed by atoms with Gasteiger partial charge in [-0.3, -0.25) is 9.59 Å². The van der Waals surface area contributed by atoms with E-state index >= 15 is 0 Å². The lowest BCUT2D eigenvalue weighted by molar-refractivity contribution is -0.137. The minimum atomic E-state index is -0.865. The molecular weight excluding hydrogens is 536 g/mol. The minimum absolute atomic E-state index is 0.0755. The Balaban J connectivity index is 1.12. The van der Waals surface area contributed by atoms with Crippen molar-refractivity contribution in [2.45, 2.75) is 24.9 Å². The number of likely N-dealkylation sites (tertiary alicyclic amines) is 1. The van der Waals surface area contributed by atoms with E-state index in [1.54, 1.807) is 34.1 Å². The third-order valence-corrected chi connectivity index (χ3v) is 7.96. The molecule has 2 saturated heterocycles. The number of amides is 4. The number of anilines is 2. The Morgan fingerprint density at radius 3 is 2.52 bits per heavy atom. The largest absolute Gasteiger partial charge is 0.454 e. The van der Waals surface area contributed by atoms with Crippen LogP contribution in [-0.2, 0) is 16.1 Å². The van der Waals surface area contributed by atoms with Crippen LogP contribution in [0.15, 0.2) is 72.8 Å². The standard InChI is InChI=1S/C31H30N6O5/c32-17-22-5-4-6-24(15-22)34-30(40)35-13-11-31(12-14-35)29(39)36(20-37(31)25-7-2-1-3-8-25)19-28(38)33-18-23-9-10-26-27(16-23)42-21-41-26/h1-10,15-16H,11-14,18-21H2,(H,33,38)(H,34,40). The normalized spacial score (nSPS) is 16.8. The van der Waals surface area contributed by atoms with Crippen LogP contribution < -0.4 is 25.0 Å². The Kier molecular flexibility index (Phi) is 7.27. The molecule has 0 saturated carbocycles. The third kappa shape index (κ3) is 5.26. The number of urea groups is 1. The molecule has 3 aliphatic rings. The number of rotatable bonds is 6. The maximum Gasteiger partial charge on any atom is 0.321 e. The number of hydrogen-bond donors (Lipinski definition) is 2. The fourth-order valence-corrected chi connectivity index (χ4v) is 5.75. The molecule has 0 aromatic heterocycles. The second-order valence-corrected chi connectivity index (χ2v) is 10.5. The van der Waals surface area contributed by atoms with Gasteiger partial charge in [-0.05, 0) is 60.9 Å². The number of carbonyl (C=O) groups is 3. The Hall–Kier alpha value is -5.24. The molecule has 0 aliphatic carbocycles. The summed E-state index contributed by atoms with van der Waals surface area (Å²) in [4.78, 5) is 45.3. The molecule has 0 bridgehead atoms. The van der Waals surface area contributed by atoms with E-state index in [2.05, 4.69) is 21.6 Å². The number of carbonyl (C=O) groups excluding carboxylic acids is 3. The van der Waals surface area contributed by atoms with Gasteiger partial charge in [-0.25, -0.2) is 4.79 Å². The zero-order chi connectivity index (χ0) is 29.1. The van der Waals surface area contributed by atoms with Crippen LogP contribution in [0.5, 0.6) is 11.5 Å². The fraction of sp³-hybridized carbons (Fsp3) is 0.290. The summed E-state index contributed by atoms with van der Waals surface area (Å²) in [5, 5.41) is 14.9. The maximum atomic E-state index is 14.0. The highest BCUT2D eigenvalue weighted by molar-refractivity contribution is 5.97. The molecular formula is C31H30N6O5. The molecule has 0 atom stereocenters. The molecule has 214 valence electrons. The van der Waals surface area contributed by atoms with Crippen molar-refractivity contribution >= 4 is 29.2 Å². The monoisotopic (exact) mass is 566 g/mol. The summed E-state index contributed by atoms with van der Waals surface area (Å²) in [5.74, 6) is 0.942. The van der Waals surface area contributed by atoms with Gasteiger partial charge in [-0.1, -0.05) is 30.3 Å². The van der Waals surface area contributed by atoms with Crippen LogP contribution in [0.1, 0.15) is 24.0 Å². The van der Waals surface area contributed by atoms with Crippen molar-refractivity contribution in [1.29, 1.82) is 5.26 Å². The van der Waals surface area contributed by atoms with Gasteiger partial charge >= 0.3 is 6.03 Å². The zero-order valence-electron chi connectivity index (χ0n) is 22.9. The molecule has 0 radical (unpaired) electrons. The van der Waals surface area contributed by atoms with E-state index in [0.29, 0.717) is 55.2 Å². The summed E-state index contributed by atoms with van der Waals surface area (Å²) in [5.41, 5.74) is 1.89. The number of nitriles is 1. The summed E-state index contributed by atoms with van der Waals surface area (Å²) in [6, 6.07) is 23.7. The molecule has 6 rings (SSSR count). The molecule has 3 aromatic carbocycles. The number of fused-ring (bicyclic) bond motifs is 1. The van der Waals surface area contributed by atoms with Gasteiger partial charge in [0.1, 0.15) is 12.1 Å². The number of piperidine rings is 1. The third-order valence-electron chi connectivity index (χ3n) is 7.96. The highest BCUT2D eigenvalue weighted by atomic mass is 16.7. The summed E-state index contributed by atoms with van der Waals surface area (Å²) >= 11 is 0. The summed E-state index contributed by atoms with van der Waals surface area (Å²) in [6.07, 6.45) is 0.837. The summed E-state index contributed by atoms with van der Waals surface area (Å²) in [6.45, 7) is 1.40. The lowest BCUT2D eigenvalue weighted by atomic mass is 9.85. The van der Waals surface area contributed by atoms with Crippen LogP contribution in [0, 0.1) is 11.3 Å². The van der Waals surface area contributed by atoms with Gasteiger partial charge in [0.15, 0.2) is 11.5 Å². The van der Waals surface area contributed by atoms with Crippen molar-refractivity contribution in [3.05, 3.63) is 83.9 Å². The first kappa shape index (κ1) is 27.0. The van der Waals surface area contributed by atoms with Crippen LogP contribution in [0.25, 0.3) is 0 Å². The van der Waals surface area contributed by atoms with Crippen molar-refractivity contribution in [2.24, 2.45) is 0 Å². The molecule has 3 aromatic rings. The quantitative estimate of drug-likeness (QED) is 0.469. The van der Waals surface area contributed by atoms with Crippen LogP contribution in [0.3, 0.4) is 0 Å². The van der Waals surface area contributed by atoms with Crippen molar-refractivity contribution < 1.29 is 23.9 Å². The number of para-hydroxylation sites is 1. The Bertz CT molecular complexity index is 1550. The van der Waals surface area contributed by atoms with E-state index in [0.717, 1.165) is 11.3 Å². The van der Waals surface area contributed by atoms with Crippen molar-refractivity contribution in [3.63, 3.8) is 0 Å². The van der Waals surface area contributed by atoms with Gasteiger partial charge in [0.25, 0.3) is 5.91 Å². The first-order valence-electron chi connectivity index (χ1n) is 13.8. The predicted molar refractivity (Wildman–Crippen MR) is 154 cm³/mol. The number of nitrogens with one attached hydrogen (secondary N) is 2. The van der Waals surface area contributed by atoms with Gasteiger partial charge in [0.2, 0.25) is 12.7 Å². The molecule has 42 heavy (non-hydrogen) atoms. The van der Waals surface area contributed by atoms with Crippen LogP contribution in [-0.4, -0.2) is 66.3 Å². The van der Waals surface area contributed by atoms with Gasteiger partial charge in [0.05, 0.1) is 18.3 Å². The average molecular weight is 567 g/mol. The average Bonchev–Trinajstić information content (AvgIpc) is 3.59. The molecule has 3 aliphatic heterocycles. The molecule has 4 amide bonds. The second kappa shape index (κ2) is 11.3. The van der Waals surface area contributed by atoms with E-state index in [1.165, 1.54) is 0 Å². The Labute approximate surface area is 243 Å². The predicted octanol–water partition coefficient (Wildman–Crippen LogP) is 3.28. The first-order chi connectivity index (χ1) is 20.4. The van der Waals surface area contributed by atoms with E-state index in [4.69, 9.17) is 14.7 Å². The lowest BCUT2D eigenvalue weighted by Crippen LogP contribution is -2.58. The zero-order valence-corrected chi connectivity index (χ0v) is 22.9. The minimum Gasteiger partial charge on any atom is -0.454 e. The summed E-state index contributed by atoms with van der Waals surface area (Å²) < 4.78 is 10.8. The highest BCUT2D eigenvalue weighted by Gasteiger charge is 2.54. The lowest BCUT2D eigenvalue weighted by Gasteiger charge is -2.43. The number of benzene rings is 3. The number of ether oxygens (including phenoxy) is 2. The van der Waals surface area contributed by atoms with Crippen LogP contribution in [0.4, 0.5) is 16.2 Å². The highest BCUT2D eigenvalue weighted by Crippen LogP contribution is 2.39. The van der Waals surface area contributed by atoms with Gasteiger partial charge in [-0.15, -0.1) is 0 Å². The number of nitrogens with zero attached hydrogens (tertiary/aromatic N) is 4. The molecule has 2 N–H and O–H groups in total. The first-order valence-corrected chi connectivity index (χ1v) is 13.8. The molecule has 3 heterocycles. The van der Waals surface area contributed by atoms with E-state index in [-0.39, 0.29) is 37.9 Å². The topological polar surface area (TPSA) is 127 Å². The maximum absolute atomic E-state index is 14.0. The summed E-state index contributed by atoms with van der Waals surface area (Å²) in [7, 11) is 0. The molecule has 0 unspecified atom stereocenters. The molecule has 11 heteroatoms. The van der Waals surface area contributed by atoms with E-state index in [9.17, 15) is 14.4 Å². The molecule has 2 fully saturated rings. The SMILES string of the molecule is N#Cc1cccc(NC(=O)N2CCC3(CC2)C(=O)N(CC(=O)NCc2ccc4c(c2)OCO4)CN3c2ccccc2)c1. The molecule has 11 nitrogen and oxygen atoms in total. The van der Waals surface area contributed by atoms with Crippen molar-refractivity contribution in [3.8, 4) is 17.6 Å². The van der Waals surface area contributed by atoms with Crippen LogP contribution in [0.2, 0.25) is 0 Å². The van der Waals surface area contributed by atoms with Gasteiger partial charge < -0.3 is 34.8 Å². The smallest absolute Gasteiger partial charge is 0.321 e. The van der Waals surface area contributed by atoms with E-state index in [1.807, 2.05) is 48.5 Å². The van der Waals surface area contributed by atoms with Crippen molar-refractivity contribution in [2.75, 3.05) is 43.3 Å².